The number of nitrogens with zero attached hydrogens (tertiary/aromatic N) is 2. The second-order valence-corrected chi connectivity index (χ2v) is 7.56. The van der Waals surface area contributed by atoms with Crippen molar-refractivity contribution in [1.82, 2.24) is 15.1 Å². The zero-order valence-corrected chi connectivity index (χ0v) is 16.4. The maximum atomic E-state index is 12.8. The van der Waals surface area contributed by atoms with Crippen LogP contribution in [0.1, 0.15) is 43.2 Å². The molecule has 1 aliphatic heterocycles. The molecule has 1 heterocycles. The number of hydrogen-bond acceptors (Lipinski definition) is 3. The molecule has 0 bridgehead atoms. The summed E-state index contributed by atoms with van der Waals surface area (Å²) in [6, 6.07) is 8.33. The van der Waals surface area contributed by atoms with Crippen molar-refractivity contribution in [1.29, 1.82) is 0 Å². The fourth-order valence-electron chi connectivity index (χ4n) is 4.25. The van der Waals surface area contributed by atoms with Gasteiger partial charge in [0.2, 0.25) is 5.91 Å². The Labute approximate surface area is 158 Å². The highest BCUT2D eigenvalue weighted by Gasteiger charge is 2.40. The molecule has 1 saturated carbocycles. The van der Waals surface area contributed by atoms with E-state index in [0.29, 0.717) is 13.1 Å². The molecular weight excluding hydrogens is 334 g/mol. The first-order valence-electron chi connectivity index (χ1n) is 9.35. The van der Waals surface area contributed by atoms with Crippen molar-refractivity contribution in [2.75, 3.05) is 33.2 Å². The van der Waals surface area contributed by atoms with Crippen LogP contribution in [0.4, 0.5) is 0 Å². The Balaban J connectivity index is 0.00000225. The summed E-state index contributed by atoms with van der Waals surface area (Å²) in [4.78, 5) is 17.2. The molecule has 1 spiro atoms. The average Bonchev–Trinajstić information content (AvgIpc) is 2.60. The van der Waals surface area contributed by atoms with Crippen LogP contribution in [0, 0.1) is 6.92 Å². The summed E-state index contributed by atoms with van der Waals surface area (Å²) in [6.07, 6.45) is 6.40. The Morgan fingerprint density at radius 2 is 1.96 bits per heavy atom. The number of amides is 1. The number of carbonyl (C=O) groups excluding carboxylic acids is 1. The van der Waals surface area contributed by atoms with Crippen LogP contribution in [0.5, 0.6) is 0 Å². The highest BCUT2D eigenvalue weighted by Crippen LogP contribution is 2.34. The number of halogens is 1. The normalized spacial score (nSPS) is 20.1. The van der Waals surface area contributed by atoms with Gasteiger partial charge in [0.1, 0.15) is 0 Å². The van der Waals surface area contributed by atoms with E-state index in [-0.39, 0.29) is 23.9 Å². The van der Waals surface area contributed by atoms with Gasteiger partial charge in [0.25, 0.3) is 0 Å². The molecule has 2 aliphatic rings. The number of rotatable bonds is 4. The molecule has 4 nitrogen and oxygen atoms in total. The highest BCUT2D eigenvalue weighted by atomic mass is 35.5. The molecule has 5 heteroatoms. The molecule has 140 valence electrons. The fraction of sp³-hybridized carbons (Fsp3) is 0.650. The van der Waals surface area contributed by atoms with Crippen molar-refractivity contribution < 1.29 is 4.79 Å². The van der Waals surface area contributed by atoms with Crippen molar-refractivity contribution in [2.24, 2.45) is 0 Å². The minimum atomic E-state index is 0. The van der Waals surface area contributed by atoms with Crippen molar-refractivity contribution in [3.8, 4) is 0 Å². The number of hydrogen-bond donors (Lipinski definition) is 1. The summed E-state index contributed by atoms with van der Waals surface area (Å²) in [7, 11) is 1.94. The molecular formula is C20H32ClN3O. The number of aryl methyl sites for hydroxylation is 1. The summed E-state index contributed by atoms with van der Waals surface area (Å²) >= 11 is 0. The first-order valence-corrected chi connectivity index (χ1v) is 9.35. The van der Waals surface area contributed by atoms with E-state index < -0.39 is 0 Å². The Bertz CT molecular complexity index is 564. The van der Waals surface area contributed by atoms with E-state index in [1.807, 2.05) is 24.1 Å². The molecule has 3 rings (SSSR count). The number of likely N-dealkylation sites (N-methyl/N-ethyl adjacent to an activating group) is 1. The van der Waals surface area contributed by atoms with Gasteiger partial charge in [0, 0.05) is 38.8 Å². The topological polar surface area (TPSA) is 35.6 Å². The lowest BCUT2D eigenvalue weighted by atomic mass is 9.79. The monoisotopic (exact) mass is 365 g/mol. The third-order valence-electron chi connectivity index (χ3n) is 5.89. The minimum Gasteiger partial charge on any atom is -0.340 e. The van der Waals surface area contributed by atoms with Gasteiger partial charge in [0.05, 0.1) is 6.54 Å². The second-order valence-electron chi connectivity index (χ2n) is 7.56. The molecule has 0 radical (unpaired) electrons. The third kappa shape index (κ3) is 4.75. The molecule has 1 aromatic rings. The molecule has 1 N–H and O–H groups in total. The predicted molar refractivity (Wildman–Crippen MR) is 105 cm³/mol. The third-order valence-corrected chi connectivity index (χ3v) is 5.89. The first kappa shape index (κ1) is 20.2. The maximum Gasteiger partial charge on any atom is 0.236 e. The molecule has 2 fully saturated rings. The number of piperazine rings is 1. The molecule has 0 atom stereocenters. The first-order chi connectivity index (χ1) is 11.6. The molecule has 1 saturated heterocycles. The summed E-state index contributed by atoms with van der Waals surface area (Å²) in [5, 5.41) is 3.56. The molecule has 1 amide bonds. The van der Waals surface area contributed by atoms with Gasteiger partial charge in [0.15, 0.2) is 0 Å². The van der Waals surface area contributed by atoms with E-state index in [0.717, 1.165) is 19.6 Å². The van der Waals surface area contributed by atoms with Gasteiger partial charge in [-0.3, -0.25) is 9.69 Å². The maximum absolute atomic E-state index is 12.8. The standard InChI is InChI=1S/C20H31N3O.ClH/c1-17-8-4-5-9-18(17)14-22(2)19(24)15-23-13-12-21-16-20(23)10-6-3-7-11-20;/h4-5,8-9,21H,3,6-7,10-16H2,1-2H3;1H. The van der Waals surface area contributed by atoms with E-state index >= 15 is 0 Å². The largest absolute Gasteiger partial charge is 0.340 e. The molecule has 1 aromatic carbocycles. The quantitative estimate of drug-likeness (QED) is 0.891. The van der Waals surface area contributed by atoms with Crippen LogP contribution in [0.15, 0.2) is 24.3 Å². The Morgan fingerprint density at radius 1 is 1.24 bits per heavy atom. The average molecular weight is 366 g/mol. The van der Waals surface area contributed by atoms with Gasteiger partial charge >= 0.3 is 0 Å². The highest BCUT2D eigenvalue weighted by molar-refractivity contribution is 5.85. The molecule has 25 heavy (non-hydrogen) atoms. The Morgan fingerprint density at radius 3 is 2.68 bits per heavy atom. The SMILES string of the molecule is Cc1ccccc1CN(C)C(=O)CN1CCNCC12CCCCC2.Cl. The number of carbonyl (C=O) groups is 1. The zero-order valence-electron chi connectivity index (χ0n) is 15.6. The van der Waals surface area contributed by atoms with Crippen LogP contribution in [-0.4, -0.2) is 54.5 Å². The van der Waals surface area contributed by atoms with Gasteiger partial charge in [-0.05, 0) is 30.9 Å². The second kappa shape index (κ2) is 9.02. The van der Waals surface area contributed by atoms with E-state index in [1.165, 1.54) is 43.2 Å². The summed E-state index contributed by atoms with van der Waals surface area (Å²) in [6.45, 7) is 6.40. The van der Waals surface area contributed by atoms with Crippen LogP contribution < -0.4 is 5.32 Å². The van der Waals surface area contributed by atoms with Crippen molar-refractivity contribution >= 4 is 18.3 Å². The van der Waals surface area contributed by atoms with Crippen molar-refractivity contribution in [3.05, 3.63) is 35.4 Å². The molecule has 0 aromatic heterocycles. The van der Waals surface area contributed by atoms with Crippen LogP contribution in [-0.2, 0) is 11.3 Å². The Kier molecular flexibility index (Phi) is 7.29. The van der Waals surface area contributed by atoms with Gasteiger partial charge in [-0.2, -0.15) is 0 Å². The van der Waals surface area contributed by atoms with E-state index in [4.69, 9.17) is 0 Å². The summed E-state index contributed by atoms with van der Waals surface area (Å²) in [5.41, 5.74) is 2.71. The lowest BCUT2D eigenvalue weighted by molar-refractivity contribution is -0.134. The number of benzene rings is 1. The van der Waals surface area contributed by atoms with Crippen LogP contribution in [0.25, 0.3) is 0 Å². The molecule has 1 aliphatic carbocycles. The van der Waals surface area contributed by atoms with E-state index in [2.05, 4.69) is 29.3 Å². The number of nitrogens with one attached hydrogen (secondary N) is 1. The lowest BCUT2D eigenvalue weighted by Crippen LogP contribution is -2.63. The van der Waals surface area contributed by atoms with Crippen LogP contribution in [0.2, 0.25) is 0 Å². The Hall–Kier alpha value is -1.10. The summed E-state index contributed by atoms with van der Waals surface area (Å²) in [5.74, 6) is 0.241. The van der Waals surface area contributed by atoms with Gasteiger partial charge in [-0.1, -0.05) is 43.5 Å². The van der Waals surface area contributed by atoms with E-state index in [9.17, 15) is 4.79 Å². The summed E-state index contributed by atoms with van der Waals surface area (Å²) < 4.78 is 0. The van der Waals surface area contributed by atoms with Crippen LogP contribution in [0.3, 0.4) is 0 Å². The van der Waals surface area contributed by atoms with E-state index in [1.54, 1.807) is 0 Å². The zero-order chi connectivity index (χ0) is 17.0. The minimum absolute atomic E-state index is 0. The fourth-order valence-corrected chi connectivity index (χ4v) is 4.25. The molecule has 0 unspecified atom stereocenters. The van der Waals surface area contributed by atoms with Gasteiger partial charge < -0.3 is 10.2 Å². The van der Waals surface area contributed by atoms with Crippen LogP contribution >= 0.6 is 12.4 Å². The van der Waals surface area contributed by atoms with Gasteiger partial charge in [-0.15, -0.1) is 12.4 Å². The lowest BCUT2D eigenvalue weighted by Gasteiger charge is -2.49. The smallest absolute Gasteiger partial charge is 0.236 e. The predicted octanol–water partition coefficient (Wildman–Crippen LogP) is 2.98. The van der Waals surface area contributed by atoms with Crippen molar-refractivity contribution in [3.63, 3.8) is 0 Å². The van der Waals surface area contributed by atoms with Crippen molar-refractivity contribution in [2.45, 2.75) is 51.1 Å². The van der Waals surface area contributed by atoms with Gasteiger partial charge in [-0.25, -0.2) is 0 Å².